The minimum Gasteiger partial charge on any atom is -0.497 e. The van der Waals surface area contributed by atoms with Crippen molar-refractivity contribution in [2.24, 2.45) is 5.10 Å². The van der Waals surface area contributed by atoms with Crippen molar-refractivity contribution in [2.75, 3.05) is 7.11 Å². The van der Waals surface area contributed by atoms with Gasteiger partial charge < -0.3 is 4.74 Å². The molecule has 0 aliphatic heterocycles. The van der Waals surface area contributed by atoms with E-state index in [1.54, 1.807) is 19.4 Å². The van der Waals surface area contributed by atoms with Crippen LogP contribution in [0.1, 0.15) is 11.1 Å². The highest BCUT2D eigenvalue weighted by Crippen LogP contribution is 2.22. The van der Waals surface area contributed by atoms with E-state index in [4.69, 9.17) is 9.72 Å². The van der Waals surface area contributed by atoms with Crippen LogP contribution in [0.5, 0.6) is 5.75 Å². The molecule has 0 bridgehead atoms. The van der Waals surface area contributed by atoms with Gasteiger partial charge >= 0.3 is 0 Å². The first-order valence-corrected chi connectivity index (χ1v) is 8.93. The van der Waals surface area contributed by atoms with E-state index in [9.17, 15) is 4.79 Å². The Balaban J connectivity index is 1.94. The number of methoxy groups -OCH3 is 1. The van der Waals surface area contributed by atoms with Gasteiger partial charge in [-0.2, -0.15) is 9.78 Å². The van der Waals surface area contributed by atoms with Crippen LogP contribution >= 0.6 is 0 Å². The molecule has 5 heteroatoms. The molecule has 0 atom stereocenters. The molecule has 1 aromatic heterocycles. The Morgan fingerprint density at radius 1 is 1.00 bits per heavy atom. The maximum atomic E-state index is 13.2. The first-order chi connectivity index (χ1) is 13.7. The van der Waals surface area contributed by atoms with Crippen LogP contribution in [0.15, 0.2) is 82.7 Å². The molecule has 5 nitrogen and oxygen atoms in total. The molecule has 0 aliphatic rings. The van der Waals surface area contributed by atoms with Crippen LogP contribution < -0.4 is 10.3 Å². The zero-order valence-corrected chi connectivity index (χ0v) is 15.7. The summed E-state index contributed by atoms with van der Waals surface area (Å²) < 4.78 is 6.62. The maximum Gasteiger partial charge on any atom is 0.282 e. The summed E-state index contributed by atoms with van der Waals surface area (Å²) in [5, 5.41) is 5.01. The van der Waals surface area contributed by atoms with Gasteiger partial charge in [0.2, 0.25) is 0 Å². The number of para-hydroxylation sites is 1. The van der Waals surface area contributed by atoms with Crippen molar-refractivity contribution in [3.8, 4) is 17.1 Å². The van der Waals surface area contributed by atoms with E-state index in [1.165, 1.54) is 4.68 Å². The highest BCUT2D eigenvalue weighted by Gasteiger charge is 2.13. The van der Waals surface area contributed by atoms with Gasteiger partial charge in [0.15, 0.2) is 5.82 Å². The highest BCUT2D eigenvalue weighted by molar-refractivity contribution is 5.82. The van der Waals surface area contributed by atoms with Crippen molar-refractivity contribution >= 4 is 17.1 Å². The Labute approximate surface area is 162 Å². The zero-order valence-electron chi connectivity index (χ0n) is 15.7. The number of ether oxygens (including phenoxy) is 1. The van der Waals surface area contributed by atoms with Gasteiger partial charge in [-0.05, 0) is 42.3 Å². The van der Waals surface area contributed by atoms with Gasteiger partial charge in [-0.1, -0.05) is 48.5 Å². The van der Waals surface area contributed by atoms with Crippen molar-refractivity contribution in [1.29, 1.82) is 0 Å². The molecule has 1 heterocycles. The molecule has 4 aromatic rings. The number of nitrogens with zero attached hydrogens (tertiary/aromatic N) is 3. The second-order valence-corrected chi connectivity index (χ2v) is 6.41. The summed E-state index contributed by atoms with van der Waals surface area (Å²) in [6.07, 6.45) is 1.64. The van der Waals surface area contributed by atoms with Crippen LogP contribution in [0.25, 0.3) is 22.3 Å². The third-order valence-electron chi connectivity index (χ3n) is 4.56. The third kappa shape index (κ3) is 3.30. The van der Waals surface area contributed by atoms with Crippen LogP contribution in [-0.4, -0.2) is 23.0 Å². The lowest BCUT2D eigenvalue weighted by Gasteiger charge is -2.11. The third-order valence-corrected chi connectivity index (χ3v) is 4.56. The van der Waals surface area contributed by atoms with E-state index >= 15 is 0 Å². The minimum absolute atomic E-state index is 0.206. The summed E-state index contributed by atoms with van der Waals surface area (Å²) in [5.41, 5.74) is 3.17. The quantitative estimate of drug-likeness (QED) is 0.505. The number of aromatic nitrogens is 2. The number of hydrogen-bond donors (Lipinski definition) is 0. The second-order valence-electron chi connectivity index (χ2n) is 6.41. The largest absolute Gasteiger partial charge is 0.497 e. The van der Waals surface area contributed by atoms with Gasteiger partial charge in [0.25, 0.3) is 5.56 Å². The molecular weight excluding hydrogens is 350 g/mol. The van der Waals surface area contributed by atoms with E-state index in [-0.39, 0.29) is 5.56 Å². The molecule has 0 radical (unpaired) electrons. The Bertz CT molecular complexity index is 1240. The molecule has 3 aromatic carbocycles. The SMILES string of the molecule is COc1cccc(C=Nn2c(-c3ccccc3C)nc3ccccc3c2=O)c1. The van der Waals surface area contributed by atoms with Crippen molar-refractivity contribution in [3.05, 3.63) is 94.3 Å². The molecule has 0 saturated carbocycles. The standard InChI is InChI=1S/C23H19N3O2/c1-16-8-3-4-11-19(16)22-25-21-13-6-5-12-20(21)23(27)26(22)24-15-17-9-7-10-18(14-17)28-2/h3-15H,1-2H3. The van der Waals surface area contributed by atoms with Crippen LogP contribution in [-0.2, 0) is 0 Å². The monoisotopic (exact) mass is 369 g/mol. The number of aryl methyl sites for hydroxylation is 1. The molecule has 0 aliphatic carbocycles. The first kappa shape index (κ1) is 17.7. The average Bonchev–Trinajstić information content (AvgIpc) is 2.73. The maximum absolute atomic E-state index is 13.2. The van der Waals surface area contributed by atoms with Crippen LogP contribution in [0.2, 0.25) is 0 Å². The topological polar surface area (TPSA) is 56.5 Å². The fraction of sp³-hybridized carbons (Fsp3) is 0.0870. The van der Waals surface area contributed by atoms with Crippen LogP contribution in [0.4, 0.5) is 0 Å². The Hall–Kier alpha value is -3.73. The van der Waals surface area contributed by atoms with E-state index in [0.717, 1.165) is 22.4 Å². The lowest BCUT2D eigenvalue weighted by atomic mass is 10.1. The average molecular weight is 369 g/mol. The van der Waals surface area contributed by atoms with Gasteiger partial charge in [-0.15, -0.1) is 0 Å². The molecule has 0 amide bonds. The molecule has 0 spiro atoms. The Morgan fingerprint density at radius 3 is 2.61 bits per heavy atom. The van der Waals surface area contributed by atoms with E-state index < -0.39 is 0 Å². The highest BCUT2D eigenvalue weighted by atomic mass is 16.5. The Kier molecular flexibility index (Phi) is 4.72. The first-order valence-electron chi connectivity index (χ1n) is 8.93. The number of rotatable bonds is 4. The van der Waals surface area contributed by atoms with Crippen molar-refractivity contribution < 1.29 is 4.74 Å². The summed E-state index contributed by atoms with van der Waals surface area (Å²) in [7, 11) is 1.62. The van der Waals surface area contributed by atoms with Crippen molar-refractivity contribution in [1.82, 2.24) is 9.66 Å². The van der Waals surface area contributed by atoms with E-state index in [2.05, 4.69) is 5.10 Å². The summed E-state index contributed by atoms with van der Waals surface area (Å²) in [6.45, 7) is 1.99. The van der Waals surface area contributed by atoms with Crippen molar-refractivity contribution in [2.45, 2.75) is 6.92 Å². The summed E-state index contributed by atoms with van der Waals surface area (Å²) in [6, 6.07) is 22.6. The van der Waals surface area contributed by atoms with Crippen LogP contribution in [0.3, 0.4) is 0 Å². The number of benzene rings is 3. The van der Waals surface area contributed by atoms with Gasteiger partial charge in [0, 0.05) is 5.56 Å². The summed E-state index contributed by atoms with van der Waals surface area (Å²) in [5.74, 6) is 1.24. The number of hydrogen-bond acceptors (Lipinski definition) is 4. The Morgan fingerprint density at radius 2 is 1.79 bits per heavy atom. The molecule has 0 N–H and O–H groups in total. The smallest absolute Gasteiger partial charge is 0.282 e. The predicted octanol–water partition coefficient (Wildman–Crippen LogP) is 4.26. The van der Waals surface area contributed by atoms with E-state index in [0.29, 0.717) is 16.7 Å². The molecule has 0 unspecified atom stereocenters. The lowest BCUT2D eigenvalue weighted by molar-refractivity contribution is 0.415. The predicted molar refractivity (Wildman–Crippen MR) is 112 cm³/mol. The summed E-state index contributed by atoms with van der Waals surface area (Å²) >= 11 is 0. The molecule has 4 rings (SSSR count). The van der Waals surface area contributed by atoms with Gasteiger partial charge in [-0.25, -0.2) is 4.98 Å². The second kappa shape index (κ2) is 7.48. The normalized spacial score (nSPS) is 11.2. The van der Waals surface area contributed by atoms with Gasteiger partial charge in [0.05, 0.1) is 24.2 Å². The number of fused-ring (bicyclic) bond motifs is 1. The molecule has 0 fully saturated rings. The van der Waals surface area contributed by atoms with Crippen molar-refractivity contribution in [3.63, 3.8) is 0 Å². The molecule has 28 heavy (non-hydrogen) atoms. The van der Waals surface area contributed by atoms with Gasteiger partial charge in [-0.3, -0.25) is 4.79 Å². The molecule has 138 valence electrons. The molecular formula is C23H19N3O2. The minimum atomic E-state index is -0.206. The lowest BCUT2D eigenvalue weighted by Crippen LogP contribution is -2.20. The summed E-state index contributed by atoms with van der Waals surface area (Å²) in [4.78, 5) is 17.9. The fourth-order valence-electron chi connectivity index (χ4n) is 3.08. The van der Waals surface area contributed by atoms with E-state index in [1.807, 2.05) is 73.7 Å². The van der Waals surface area contributed by atoms with Crippen LogP contribution in [0, 0.1) is 6.92 Å². The molecule has 0 saturated heterocycles. The fourth-order valence-corrected chi connectivity index (χ4v) is 3.08. The van der Waals surface area contributed by atoms with Gasteiger partial charge in [0.1, 0.15) is 5.75 Å². The zero-order chi connectivity index (χ0) is 19.5.